The molecule has 41 heavy (non-hydrogen) atoms. The Morgan fingerprint density at radius 2 is 1.66 bits per heavy atom. The average Bonchev–Trinajstić information content (AvgIpc) is 3.24. The van der Waals surface area contributed by atoms with Crippen molar-refractivity contribution < 1.29 is 33.9 Å². The minimum Gasteiger partial charge on any atom is -0.392 e. The molecule has 0 saturated heterocycles. The van der Waals surface area contributed by atoms with Gasteiger partial charge in [0.1, 0.15) is 11.2 Å². The van der Waals surface area contributed by atoms with Crippen LogP contribution < -0.4 is 21.7 Å². The monoisotopic (exact) mass is 570 g/mol. The molecule has 3 rings (SSSR count). The quantitative estimate of drug-likeness (QED) is 0.100. The number of nitrogens with zero attached hydrogens (tertiary/aromatic N) is 1. The number of carbonyl (C=O) groups excluding carboxylic acids is 6. The van der Waals surface area contributed by atoms with E-state index in [-0.39, 0.29) is 49.0 Å². The number of imide groups is 1. The molecule has 222 valence electrons. The van der Waals surface area contributed by atoms with Crippen molar-refractivity contribution >= 4 is 41.1 Å². The van der Waals surface area contributed by atoms with Crippen molar-refractivity contribution in [2.75, 3.05) is 25.0 Å². The number of nitrogens with two attached hydrogens (primary N) is 1. The Kier molecular flexibility index (Phi) is 11.0. The van der Waals surface area contributed by atoms with Crippen molar-refractivity contribution in [2.24, 2.45) is 17.1 Å². The van der Waals surface area contributed by atoms with Crippen LogP contribution in [0.4, 0.5) is 10.5 Å². The fourth-order valence-corrected chi connectivity index (χ4v) is 4.99. The van der Waals surface area contributed by atoms with Crippen LogP contribution in [0.3, 0.4) is 0 Å². The van der Waals surface area contributed by atoms with E-state index in [1.807, 2.05) is 0 Å². The van der Waals surface area contributed by atoms with Crippen LogP contribution in [0.2, 0.25) is 0 Å². The van der Waals surface area contributed by atoms with E-state index in [4.69, 9.17) is 7.16 Å². The molecule has 0 bridgehead atoms. The van der Waals surface area contributed by atoms with Gasteiger partial charge in [-0.2, -0.15) is 0 Å². The van der Waals surface area contributed by atoms with Gasteiger partial charge in [-0.1, -0.05) is 18.6 Å². The first-order valence-corrected chi connectivity index (χ1v) is 14.0. The predicted molar refractivity (Wildman–Crippen MR) is 150 cm³/mol. The highest BCUT2D eigenvalue weighted by Crippen LogP contribution is 2.44. The zero-order valence-corrected chi connectivity index (χ0v) is 23.1. The van der Waals surface area contributed by atoms with Crippen LogP contribution in [-0.4, -0.2) is 66.5 Å². The molecule has 1 fully saturated rings. The zero-order chi connectivity index (χ0) is 30.5. The second-order valence-corrected chi connectivity index (χ2v) is 10.5. The smallest absolute Gasteiger partial charge is 0.312 e. The van der Waals surface area contributed by atoms with E-state index >= 15 is 0 Å². The number of primary amides is 1. The lowest BCUT2D eigenvalue weighted by molar-refractivity contribution is -0.149. The van der Waals surface area contributed by atoms with Crippen molar-refractivity contribution in [3.8, 4) is 0 Å². The van der Waals surface area contributed by atoms with E-state index in [0.29, 0.717) is 63.7 Å². The van der Waals surface area contributed by atoms with Gasteiger partial charge in [0, 0.05) is 49.8 Å². The summed E-state index contributed by atoms with van der Waals surface area (Å²) in [4.78, 5) is 75.4. The molecule has 12 heteroatoms. The number of rotatable bonds is 18. The number of benzene rings is 1. The molecule has 1 atom stereocenters. The number of carbonyl (C=O) groups is 6. The number of ketones is 1. The highest BCUT2D eigenvalue weighted by Gasteiger charge is 2.50. The van der Waals surface area contributed by atoms with Gasteiger partial charge in [-0.25, -0.2) is 4.79 Å². The Hall–Kier alpha value is -4.06. The highest BCUT2D eigenvalue weighted by molar-refractivity contribution is 6.12. The van der Waals surface area contributed by atoms with Gasteiger partial charge in [0.25, 0.3) is 11.8 Å². The molecule has 0 aromatic heterocycles. The van der Waals surface area contributed by atoms with Gasteiger partial charge in [0.05, 0.1) is 6.61 Å². The Balaban J connectivity index is 1.53. The number of aliphatic hydroxyl groups excluding tert-OH is 1. The summed E-state index contributed by atoms with van der Waals surface area (Å²) in [5, 5.41) is 12.5. The number of amides is 6. The van der Waals surface area contributed by atoms with Crippen LogP contribution in [0.25, 0.3) is 0 Å². The van der Waals surface area contributed by atoms with Crippen LogP contribution in [-0.2, 0) is 30.6 Å². The summed E-state index contributed by atoms with van der Waals surface area (Å²) < 4.78 is 6.85. The number of anilines is 1. The van der Waals surface area contributed by atoms with Crippen LogP contribution in [0, 0.1) is 11.3 Å². The van der Waals surface area contributed by atoms with Crippen molar-refractivity contribution in [3.05, 3.63) is 42.0 Å². The molecule has 1 aromatic rings. The molecule has 1 aliphatic heterocycles. The third-order valence-corrected chi connectivity index (χ3v) is 7.64. The lowest BCUT2D eigenvalue weighted by atomic mass is 9.63. The highest BCUT2D eigenvalue weighted by atomic mass is 16.3. The molecule has 6 amide bonds. The fourth-order valence-electron chi connectivity index (χ4n) is 4.99. The summed E-state index contributed by atoms with van der Waals surface area (Å²) in [5.41, 5.74) is 5.25. The largest absolute Gasteiger partial charge is 0.392 e. The second-order valence-electron chi connectivity index (χ2n) is 10.5. The van der Waals surface area contributed by atoms with Crippen molar-refractivity contribution in [3.63, 3.8) is 0 Å². The van der Waals surface area contributed by atoms with Gasteiger partial charge in [-0.05, 0) is 62.6 Å². The standard InChI is InChI=1S/C29H39N5O7/c30-28(41)32-16-4-6-21(26(39)33-22-9-7-20(19-35)8-10-22)18-23(36)29(13-5-14-29)27(40)31-15-2-1-3-17-34-24(37)11-12-25(34)38/h7-12,21,35H,1-6,13-19H2,(H,31,40)(H,33,39)(H3,30,32,41)/t21-/m1/s1/i35D. The van der Waals surface area contributed by atoms with Gasteiger partial charge >= 0.3 is 6.03 Å². The van der Waals surface area contributed by atoms with Crippen LogP contribution >= 0.6 is 0 Å². The number of urea groups is 1. The van der Waals surface area contributed by atoms with Gasteiger partial charge in [0.15, 0.2) is 0 Å². The summed E-state index contributed by atoms with van der Waals surface area (Å²) in [6, 6.07) is 6.12. The minimum atomic E-state index is -1.16. The van der Waals surface area contributed by atoms with E-state index in [2.05, 4.69) is 21.1 Å². The Morgan fingerprint density at radius 3 is 2.27 bits per heavy atom. The van der Waals surface area contributed by atoms with Gasteiger partial charge in [-0.15, -0.1) is 0 Å². The van der Waals surface area contributed by atoms with Crippen LogP contribution in [0.1, 0.15) is 63.4 Å². The molecule has 1 heterocycles. The third kappa shape index (κ3) is 8.71. The van der Waals surface area contributed by atoms with Gasteiger partial charge in [0.2, 0.25) is 13.2 Å². The first-order valence-electron chi connectivity index (χ1n) is 14.4. The summed E-state index contributed by atoms with van der Waals surface area (Å²) in [7, 11) is 0. The van der Waals surface area contributed by atoms with Crippen molar-refractivity contribution in [1.82, 2.24) is 15.5 Å². The number of Topliss-reactive ketones (excluding diaryl/α,β-unsaturated/α-hetero) is 1. The van der Waals surface area contributed by atoms with Gasteiger partial charge < -0.3 is 26.8 Å². The van der Waals surface area contributed by atoms with Gasteiger partial charge in [-0.3, -0.25) is 28.9 Å². The molecule has 1 aromatic carbocycles. The summed E-state index contributed by atoms with van der Waals surface area (Å²) in [5.74, 6) is -2.34. The SMILES string of the molecule is [2H]OCc1ccc(NC(=O)[C@H](CCCNC(N)=O)CC(=O)C2(C(=O)NCCCCCN3C(=O)C=CC3=O)CCC2)cc1. The lowest BCUT2D eigenvalue weighted by Gasteiger charge is -2.39. The van der Waals surface area contributed by atoms with Crippen LogP contribution in [0.15, 0.2) is 36.4 Å². The maximum atomic E-state index is 13.5. The summed E-state index contributed by atoms with van der Waals surface area (Å²) >= 11 is 0. The van der Waals surface area contributed by atoms with Crippen molar-refractivity contribution in [1.29, 1.82) is 1.43 Å². The van der Waals surface area contributed by atoms with Crippen molar-refractivity contribution in [2.45, 2.75) is 64.4 Å². The lowest BCUT2D eigenvalue weighted by Crippen LogP contribution is -2.52. The first kappa shape index (κ1) is 29.9. The van der Waals surface area contributed by atoms with E-state index in [1.165, 1.54) is 17.1 Å². The summed E-state index contributed by atoms with van der Waals surface area (Å²) in [6.45, 7) is 1.04. The Bertz CT molecular complexity index is 1170. The third-order valence-electron chi connectivity index (χ3n) is 7.64. The molecule has 1 saturated carbocycles. The molecule has 2 aliphatic rings. The molecular weight excluding hydrogens is 530 g/mol. The van der Waals surface area contributed by atoms with E-state index in [0.717, 1.165) is 12.0 Å². The average molecular weight is 571 g/mol. The first-order chi connectivity index (χ1) is 20.2. The normalized spacial score (nSPS) is 16.5. The maximum absolute atomic E-state index is 13.5. The Labute approximate surface area is 240 Å². The number of hydrogen-bond acceptors (Lipinski definition) is 7. The second kappa shape index (κ2) is 15.1. The maximum Gasteiger partial charge on any atom is 0.312 e. The molecular formula is C29H39N5O7. The zero-order valence-electron chi connectivity index (χ0n) is 24.1. The van der Waals surface area contributed by atoms with E-state index in [9.17, 15) is 28.8 Å². The minimum absolute atomic E-state index is 0.112. The molecule has 6 N–H and O–H groups in total. The molecule has 0 radical (unpaired) electrons. The molecule has 0 spiro atoms. The molecule has 12 nitrogen and oxygen atoms in total. The number of aliphatic hydroxyl groups is 1. The van der Waals surface area contributed by atoms with E-state index in [1.54, 1.807) is 24.3 Å². The van der Waals surface area contributed by atoms with E-state index < -0.39 is 17.4 Å². The van der Waals surface area contributed by atoms with Crippen LogP contribution in [0.5, 0.6) is 0 Å². The summed E-state index contributed by atoms with van der Waals surface area (Å²) in [6.07, 6.45) is 6.60. The topological polar surface area (TPSA) is 188 Å². The number of unbranched alkanes of at least 4 members (excludes halogenated alkanes) is 2. The number of nitrogens with one attached hydrogen (secondary N) is 3. The fraction of sp³-hybridized carbons (Fsp3) is 0.517. The number of hydrogen-bond donors (Lipinski definition) is 5. The Morgan fingerprint density at radius 1 is 0.976 bits per heavy atom. The predicted octanol–water partition coefficient (Wildman–Crippen LogP) is 1.52. The molecule has 1 aliphatic carbocycles. The molecule has 0 unspecified atom stereocenters.